The quantitative estimate of drug-likeness (QED) is 0.188. The van der Waals surface area contributed by atoms with Crippen LogP contribution in [0.3, 0.4) is 0 Å². The zero-order valence-electron chi connectivity index (χ0n) is 19.9. The standard InChI is InChI=1S/C22H30F2N6O5S/c1-9-15-14(10(2)28-19(31)18(23)24)21(33)30(15)16(22(34)35)17(9)36-12-5-13(26-6-12)20(32)29-4-3-11(7-29)27-8-25/h8-15,18,26H,3-7H2,1-2H3,(H2,25,27)(H,28,31)(H,34,35)/t9-,10-,11+,12+,13+,14-,15-/m1/s1. The van der Waals surface area contributed by atoms with Crippen LogP contribution in [0, 0.1) is 11.8 Å². The number of likely N-dealkylation sites (tertiary alicyclic amines) is 1. The topological polar surface area (TPSA) is 157 Å². The molecule has 0 aromatic carbocycles. The molecule has 5 N–H and O–H groups in total. The number of nitrogens with two attached hydrogens (primary N) is 1. The predicted molar refractivity (Wildman–Crippen MR) is 127 cm³/mol. The number of alkyl halides is 2. The molecule has 0 aromatic heterocycles. The lowest BCUT2D eigenvalue weighted by Gasteiger charge is -2.47. The normalized spacial score (nSPS) is 32.9. The number of nitrogens with zero attached hydrogens (tertiary/aromatic N) is 3. The summed E-state index contributed by atoms with van der Waals surface area (Å²) < 4.78 is 25.3. The van der Waals surface area contributed by atoms with E-state index in [1.807, 2.05) is 0 Å². The lowest BCUT2D eigenvalue weighted by molar-refractivity contribution is -0.159. The van der Waals surface area contributed by atoms with E-state index in [2.05, 4.69) is 15.6 Å². The minimum Gasteiger partial charge on any atom is -0.477 e. The molecule has 0 spiro atoms. The number of nitrogens with one attached hydrogen (secondary N) is 2. The maximum Gasteiger partial charge on any atom is 0.353 e. The van der Waals surface area contributed by atoms with E-state index >= 15 is 0 Å². The number of amides is 3. The number of rotatable bonds is 8. The number of halogens is 2. The highest BCUT2D eigenvalue weighted by atomic mass is 32.2. The molecule has 0 radical (unpaired) electrons. The van der Waals surface area contributed by atoms with Crippen molar-refractivity contribution in [1.82, 2.24) is 20.4 Å². The second-order valence-electron chi connectivity index (χ2n) is 9.59. The second-order valence-corrected chi connectivity index (χ2v) is 10.9. The Bertz CT molecular complexity index is 1010. The Balaban J connectivity index is 1.42. The van der Waals surface area contributed by atoms with Gasteiger partial charge in [-0.3, -0.25) is 19.4 Å². The van der Waals surface area contributed by atoms with Gasteiger partial charge in [0.05, 0.1) is 30.4 Å². The van der Waals surface area contributed by atoms with Gasteiger partial charge in [0.2, 0.25) is 11.8 Å². The van der Waals surface area contributed by atoms with Gasteiger partial charge in [0.15, 0.2) is 0 Å². The fraction of sp³-hybridized carbons (Fsp3) is 0.682. The molecule has 3 amide bonds. The third-order valence-corrected chi connectivity index (χ3v) is 8.86. The minimum absolute atomic E-state index is 0.00368. The highest BCUT2D eigenvalue weighted by molar-refractivity contribution is 8.03. The van der Waals surface area contributed by atoms with E-state index in [0.717, 1.165) is 6.42 Å². The molecule has 4 aliphatic heterocycles. The summed E-state index contributed by atoms with van der Waals surface area (Å²) in [5.41, 5.74) is 5.24. The van der Waals surface area contributed by atoms with Crippen LogP contribution in [0.1, 0.15) is 26.7 Å². The van der Waals surface area contributed by atoms with Crippen molar-refractivity contribution in [3.8, 4) is 0 Å². The van der Waals surface area contributed by atoms with Crippen LogP contribution in [-0.2, 0) is 19.2 Å². The summed E-state index contributed by atoms with van der Waals surface area (Å²) in [6.45, 7) is 4.87. The van der Waals surface area contributed by atoms with Crippen molar-refractivity contribution in [2.75, 3.05) is 19.6 Å². The molecule has 7 atom stereocenters. The van der Waals surface area contributed by atoms with Crippen molar-refractivity contribution < 1.29 is 33.1 Å². The maximum atomic E-state index is 13.0. The van der Waals surface area contributed by atoms with E-state index in [-0.39, 0.29) is 28.8 Å². The van der Waals surface area contributed by atoms with Crippen LogP contribution in [0.15, 0.2) is 15.6 Å². The van der Waals surface area contributed by atoms with Crippen molar-refractivity contribution in [2.45, 2.75) is 62.5 Å². The van der Waals surface area contributed by atoms with Crippen molar-refractivity contribution in [3.05, 3.63) is 10.6 Å². The molecule has 14 heteroatoms. The van der Waals surface area contributed by atoms with Crippen molar-refractivity contribution in [2.24, 2.45) is 22.6 Å². The van der Waals surface area contributed by atoms with Gasteiger partial charge in [-0.1, -0.05) is 6.92 Å². The van der Waals surface area contributed by atoms with Gasteiger partial charge >= 0.3 is 12.4 Å². The third-order valence-electron chi connectivity index (χ3n) is 7.35. The number of fused-ring (bicyclic) bond motifs is 1. The average Bonchev–Trinajstić information content (AvgIpc) is 3.52. The van der Waals surface area contributed by atoms with Gasteiger partial charge in [-0.2, -0.15) is 8.78 Å². The SMILES string of the molecule is C[C@@H](NC(=O)C(F)F)[C@H]1C(=O)N2C(C(=O)O)=C(S[C@@H]3CN[C@H](C(=O)N4CC[C@H](N=CN)C4)C3)[C@H](C)[C@H]12. The van der Waals surface area contributed by atoms with Crippen LogP contribution < -0.4 is 16.4 Å². The molecule has 0 saturated carbocycles. The Morgan fingerprint density at radius 3 is 2.72 bits per heavy atom. The number of carbonyl (C=O) groups is 4. The van der Waals surface area contributed by atoms with Crippen LogP contribution in [0.25, 0.3) is 0 Å². The molecule has 3 saturated heterocycles. The first-order chi connectivity index (χ1) is 17.0. The highest BCUT2D eigenvalue weighted by Crippen LogP contribution is 2.51. The Labute approximate surface area is 210 Å². The van der Waals surface area contributed by atoms with Crippen LogP contribution in [0.4, 0.5) is 8.78 Å². The summed E-state index contributed by atoms with van der Waals surface area (Å²) >= 11 is 1.34. The smallest absolute Gasteiger partial charge is 0.353 e. The maximum absolute atomic E-state index is 13.0. The average molecular weight is 529 g/mol. The van der Waals surface area contributed by atoms with Crippen molar-refractivity contribution in [3.63, 3.8) is 0 Å². The summed E-state index contributed by atoms with van der Waals surface area (Å²) in [6.07, 6.45) is -0.707. The monoisotopic (exact) mass is 528 g/mol. The van der Waals surface area contributed by atoms with E-state index in [1.165, 1.54) is 29.9 Å². The number of hydrogen-bond donors (Lipinski definition) is 4. The van der Waals surface area contributed by atoms with Gasteiger partial charge in [0, 0.05) is 41.7 Å². The number of aliphatic imine (C=N–C) groups is 1. The van der Waals surface area contributed by atoms with Gasteiger partial charge in [0.1, 0.15) is 5.70 Å². The predicted octanol–water partition coefficient (Wildman–Crippen LogP) is -0.419. The van der Waals surface area contributed by atoms with E-state index in [4.69, 9.17) is 5.73 Å². The van der Waals surface area contributed by atoms with E-state index < -0.39 is 48.3 Å². The summed E-state index contributed by atoms with van der Waals surface area (Å²) in [5, 5.41) is 15.2. The Hall–Kier alpha value is -2.74. The summed E-state index contributed by atoms with van der Waals surface area (Å²) in [7, 11) is 0. The number of aliphatic carboxylic acids is 1. The van der Waals surface area contributed by atoms with Crippen molar-refractivity contribution in [1.29, 1.82) is 0 Å². The fourth-order valence-electron chi connectivity index (χ4n) is 5.64. The molecule has 0 unspecified atom stereocenters. The van der Waals surface area contributed by atoms with E-state index in [1.54, 1.807) is 11.8 Å². The molecule has 36 heavy (non-hydrogen) atoms. The number of β-lactam (4-membered cyclic amide) rings is 1. The van der Waals surface area contributed by atoms with E-state index in [0.29, 0.717) is 31.0 Å². The molecule has 11 nitrogen and oxygen atoms in total. The first-order valence-electron chi connectivity index (χ1n) is 11.9. The molecule has 4 rings (SSSR count). The Kier molecular flexibility index (Phi) is 7.55. The van der Waals surface area contributed by atoms with Gasteiger partial charge in [-0.05, 0) is 19.8 Å². The van der Waals surface area contributed by atoms with Gasteiger partial charge in [-0.15, -0.1) is 11.8 Å². The molecule has 4 aliphatic rings. The van der Waals surface area contributed by atoms with Gasteiger partial charge in [0.25, 0.3) is 5.91 Å². The number of thioether (sulfide) groups is 1. The lowest BCUT2D eigenvalue weighted by atomic mass is 9.78. The molecule has 0 aromatic rings. The summed E-state index contributed by atoms with van der Waals surface area (Å²) in [5.74, 6) is -4.41. The summed E-state index contributed by atoms with van der Waals surface area (Å²) in [4.78, 5) is 57.0. The van der Waals surface area contributed by atoms with Crippen LogP contribution in [0.5, 0.6) is 0 Å². The Morgan fingerprint density at radius 1 is 1.36 bits per heavy atom. The largest absolute Gasteiger partial charge is 0.477 e. The number of carboxylic acid groups (broad SMARTS) is 1. The van der Waals surface area contributed by atoms with Crippen LogP contribution in [0.2, 0.25) is 0 Å². The minimum atomic E-state index is -3.20. The Morgan fingerprint density at radius 2 is 2.08 bits per heavy atom. The number of hydrogen-bond acceptors (Lipinski definition) is 7. The number of carbonyl (C=O) groups excluding carboxylic acids is 3. The molecule has 0 aliphatic carbocycles. The molecule has 4 heterocycles. The molecule has 3 fully saturated rings. The second kappa shape index (κ2) is 10.3. The van der Waals surface area contributed by atoms with Crippen LogP contribution >= 0.6 is 11.8 Å². The highest BCUT2D eigenvalue weighted by Gasteiger charge is 2.60. The molecule has 0 bridgehead atoms. The lowest BCUT2D eigenvalue weighted by Crippen LogP contribution is -2.66. The fourth-order valence-corrected chi connectivity index (χ4v) is 7.12. The summed E-state index contributed by atoms with van der Waals surface area (Å²) in [6, 6.07) is -1.82. The van der Waals surface area contributed by atoms with Gasteiger partial charge < -0.3 is 31.3 Å². The third kappa shape index (κ3) is 4.67. The molecular weight excluding hydrogens is 498 g/mol. The van der Waals surface area contributed by atoms with Gasteiger partial charge in [-0.25, -0.2) is 4.79 Å². The van der Waals surface area contributed by atoms with E-state index in [9.17, 15) is 33.1 Å². The zero-order valence-corrected chi connectivity index (χ0v) is 20.7. The zero-order chi connectivity index (χ0) is 26.3. The first-order valence-corrected chi connectivity index (χ1v) is 12.7. The van der Waals surface area contributed by atoms with Crippen LogP contribution in [-0.4, -0.2) is 100 Å². The van der Waals surface area contributed by atoms with Crippen molar-refractivity contribution >= 4 is 41.8 Å². The first kappa shape index (κ1) is 26.3. The molecule has 198 valence electrons. The molecular formula is C22H30F2N6O5S. The number of carboxylic acids is 1.